The zero-order valence-electron chi connectivity index (χ0n) is 17.6. The number of nitro benzene ring substituents is 1. The highest BCUT2D eigenvalue weighted by atomic mass is 16.6. The summed E-state index contributed by atoms with van der Waals surface area (Å²) in [5.74, 6) is 1.11. The van der Waals surface area contributed by atoms with E-state index >= 15 is 0 Å². The van der Waals surface area contributed by atoms with Crippen molar-refractivity contribution in [2.45, 2.75) is 6.54 Å². The van der Waals surface area contributed by atoms with Gasteiger partial charge in [-0.15, -0.1) is 0 Å². The second kappa shape index (κ2) is 9.98. The van der Waals surface area contributed by atoms with Crippen molar-refractivity contribution < 1.29 is 33.4 Å². The fourth-order valence-corrected chi connectivity index (χ4v) is 3.12. The van der Waals surface area contributed by atoms with Gasteiger partial charge in [0.05, 0.1) is 24.7 Å². The van der Waals surface area contributed by atoms with Gasteiger partial charge < -0.3 is 28.6 Å². The maximum atomic E-state index is 13.1. The lowest BCUT2D eigenvalue weighted by Crippen LogP contribution is -2.27. The Bertz CT molecular complexity index is 963. The summed E-state index contributed by atoms with van der Waals surface area (Å²) in [6, 6.07) is 7.90. The standard InChI is InChI=1S/C21H24N2O8/c1-22(13-14-4-5-17-19(10-14)31-9-8-29-17)21(24)15-11-18(28-3)20(30-7-6-27-2)12-16(15)23(25)26/h4-5,10-12H,6-9,13H2,1-3H3. The molecule has 1 aliphatic heterocycles. The molecule has 1 amide bonds. The third kappa shape index (κ3) is 5.15. The average molecular weight is 432 g/mol. The fraction of sp³-hybridized carbons (Fsp3) is 0.381. The first-order valence-electron chi connectivity index (χ1n) is 9.56. The van der Waals surface area contributed by atoms with Gasteiger partial charge in [-0.1, -0.05) is 6.07 Å². The van der Waals surface area contributed by atoms with Crippen molar-refractivity contribution in [1.29, 1.82) is 0 Å². The maximum Gasteiger partial charge on any atom is 0.286 e. The van der Waals surface area contributed by atoms with Gasteiger partial charge in [0, 0.05) is 26.8 Å². The maximum absolute atomic E-state index is 13.1. The largest absolute Gasteiger partial charge is 0.493 e. The van der Waals surface area contributed by atoms with Crippen LogP contribution in [0.25, 0.3) is 0 Å². The van der Waals surface area contributed by atoms with E-state index < -0.39 is 10.8 Å². The molecule has 0 bridgehead atoms. The van der Waals surface area contributed by atoms with E-state index in [2.05, 4.69) is 0 Å². The normalized spacial score (nSPS) is 12.2. The molecule has 2 aromatic carbocycles. The molecule has 31 heavy (non-hydrogen) atoms. The van der Waals surface area contributed by atoms with E-state index in [9.17, 15) is 14.9 Å². The molecular weight excluding hydrogens is 408 g/mol. The fourth-order valence-electron chi connectivity index (χ4n) is 3.12. The van der Waals surface area contributed by atoms with E-state index in [4.69, 9.17) is 23.7 Å². The minimum atomic E-state index is -0.617. The quantitative estimate of drug-likeness (QED) is 0.338. The van der Waals surface area contributed by atoms with Crippen LogP contribution in [0.4, 0.5) is 5.69 Å². The first kappa shape index (κ1) is 22.2. The predicted molar refractivity (Wildman–Crippen MR) is 110 cm³/mol. The Morgan fingerprint density at radius 1 is 1.10 bits per heavy atom. The van der Waals surface area contributed by atoms with Crippen molar-refractivity contribution in [3.63, 3.8) is 0 Å². The van der Waals surface area contributed by atoms with Crippen LogP contribution in [0, 0.1) is 10.1 Å². The number of carbonyl (C=O) groups is 1. The van der Waals surface area contributed by atoms with E-state index in [1.807, 2.05) is 6.07 Å². The molecule has 0 spiro atoms. The number of methoxy groups -OCH3 is 2. The molecule has 0 N–H and O–H groups in total. The molecule has 3 rings (SSSR count). The summed E-state index contributed by atoms with van der Waals surface area (Å²) in [5, 5.41) is 11.6. The number of fused-ring (bicyclic) bond motifs is 1. The molecule has 0 saturated heterocycles. The van der Waals surface area contributed by atoms with E-state index in [1.165, 1.54) is 31.3 Å². The zero-order valence-corrected chi connectivity index (χ0v) is 17.6. The van der Waals surface area contributed by atoms with Crippen molar-refractivity contribution in [2.24, 2.45) is 0 Å². The van der Waals surface area contributed by atoms with E-state index in [0.29, 0.717) is 31.3 Å². The molecule has 0 fully saturated rings. The molecule has 10 nitrogen and oxygen atoms in total. The summed E-state index contributed by atoms with van der Waals surface area (Å²) < 4.78 is 26.8. The highest BCUT2D eigenvalue weighted by Crippen LogP contribution is 2.36. The van der Waals surface area contributed by atoms with E-state index in [0.717, 1.165) is 5.56 Å². The minimum Gasteiger partial charge on any atom is -0.493 e. The number of nitro groups is 1. The molecule has 0 aliphatic carbocycles. The lowest BCUT2D eigenvalue weighted by molar-refractivity contribution is -0.385. The molecule has 10 heteroatoms. The Kier molecular flexibility index (Phi) is 7.14. The average Bonchev–Trinajstić information content (AvgIpc) is 2.78. The first-order valence-corrected chi connectivity index (χ1v) is 9.56. The van der Waals surface area contributed by atoms with Gasteiger partial charge in [0.15, 0.2) is 23.0 Å². The number of nitrogens with zero attached hydrogens (tertiary/aromatic N) is 2. The predicted octanol–water partition coefficient (Wildman–Crippen LogP) is 2.67. The SMILES string of the molecule is COCCOc1cc([N+](=O)[O-])c(C(=O)N(C)Cc2ccc3c(c2)OCCO3)cc1OC. The van der Waals surface area contributed by atoms with Gasteiger partial charge >= 0.3 is 0 Å². The van der Waals surface area contributed by atoms with Gasteiger partial charge in [0.1, 0.15) is 25.4 Å². The number of carbonyl (C=O) groups excluding carboxylic acids is 1. The van der Waals surface area contributed by atoms with Gasteiger partial charge in [-0.05, 0) is 17.7 Å². The summed E-state index contributed by atoms with van der Waals surface area (Å²) >= 11 is 0. The van der Waals surface area contributed by atoms with Crippen LogP contribution >= 0.6 is 0 Å². The Morgan fingerprint density at radius 2 is 1.84 bits per heavy atom. The van der Waals surface area contributed by atoms with Crippen LogP contribution in [0.5, 0.6) is 23.0 Å². The molecule has 0 aromatic heterocycles. The van der Waals surface area contributed by atoms with Crippen LogP contribution in [0.3, 0.4) is 0 Å². The number of ether oxygens (including phenoxy) is 5. The Balaban J connectivity index is 1.84. The zero-order chi connectivity index (χ0) is 22.4. The highest BCUT2D eigenvalue weighted by Gasteiger charge is 2.27. The summed E-state index contributed by atoms with van der Waals surface area (Å²) in [6.07, 6.45) is 0. The molecule has 2 aromatic rings. The second-order valence-corrected chi connectivity index (χ2v) is 6.76. The van der Waals surface area contributed by atoms with Crippen LogP contribution in [0.2, 0.25) is 0 Å². The van der Waals surface area contributed by atoms with Crippen molar-refractivity contribution in [2.75, 3.05) is 47.7 Å². The summed E-state index contributed by atoms with van der Waals surface area (Å²) in [6.45, 7) is 1.65. The van der Waals surface area contributed by atoms with Gasteiger partial charge in [-0.2, -0.15) is 0 Å². The van der Waals surface area contributed by atoms with Crippen LogP contribution in [-0.4, -0.2) is 63.4 Å². The number of benzene rings is 2. The molecule has 0 radical (unpaired) electrons. The number of rotatable bonds is 9. The minimum absolute atomic E-state index is 0.0963. The van der Waals surface area contributed by atoms with Crippen LogP contribution in [-0.2, 0) is 11.3 Å². The Morgan fingerprint density at radius 3 is 2.52 bits per heavy atom. The summed E-state index contributed by atoms with van der Waals surface area (Å²) in [7, 11) is 4.48. The topological polar surface area (TPSA) is 110 Å². The summed E-state index contributed by atoms with van der Waals surface area (Å²) in [5.41, 5.74) is 0.336. The third-order valence-electron chi connectivity index (χ3n) is 4.63. The first-order chi connectivity index (χ1) is 14.9. The lowest BCUT2D eigenvalue weighted by Gasteiger charge is -2.21. The molecular formula is C21H24N2O8. The third-order valence-corrected chi connectivity index (χ3v) is 4.63. The van der Waals surface area contributed by atoms with E-state index in [-0.39, 0.29) is 35.9 Å². The second-order valence-electron chi connectivity index (χ2n) is 6.76. The van der Waals surface area contributed by atoms with Gasteiger partial charge in [-0.25, -0.2) is 0 Å². The van der Waals surface area contributed by atoms with Crippen LogP contribution in [0.15, 0.2) is 30.3 Å². The van der Waals surface area contributed by atoms with Crippen molar-refractivity contribution >= 4 is 11.6 Å². The van der Waals surface area contributed by atoms with Crippen molar-refractivity contribution in [1.82, 2.24) is 4.90 Å². The van der Waals surface area contributed by atoms with Gasteiger partial charge in [-0.3, -0.25) is 14.9 Å². The summed E-state index contributed by atoms with van der Waals surface area (Å²) in [4.78, 5) is 25.5. The van der Waals surface area contributed by atoms with Gasteiger partial charge in [0.25, 0.3) is 11.6 Å². The number of hydrogen-bond donors (Lipinski definition) is 0. The monoisotopic (exact) mass is 432 g/mol. The molecule has 166 valence electrons. The van der Waals surface area contributed by atoms with Gasteiger partial charge in [0.2, 0.25) is 0 Å². The smallest absolute Gasteiger partial charge is 0.286 e. The number of hydrogen-bond acceptors (Lipinski definition) is 8. The highest BCUT2D eigenvalue weighted by molar-refractivity contribution is 5.99. The van der Waals surface area contributed by atoms with E-state index in [1.54, 1.807) is 19.2 Å². The van der Waals surface area contributed by atoms with Crippen molar-refractivity contribution in [3.8, 4) is 23.0 Å². The molecule has 0 unspecified atom stereocenters. The molecule has 0 saturated carbocycles. The van der Waals surface area contributed by atoms with Crippen LogP contribution < -0.4 is 18.9 Å². The molecule has 1 heterocycles. The van der Waals surface area contributed by atoms with Crippen LogP contribution in [0.1, 0.15) is 15.9 Å². The Labute approximate surface area is 179 Å². The number of amides is 1. The molecule has 1 aliphatic rings. The Hall–Kier alpha value is -3.53. The molecule has 0 atom stereocenters. The van der Waals surface area contributed by atoms with Crippen molar-refractivity contribution in [3.05, 3.63) is 51.6 Å². The lowest BCUT2D eigenvalue weighted by atomic mass is 10.1.